The lowest BCUT2D eigenvalue weighted by atomic mass is 9.82. The van der Waals surface area contributed by atoms with E-state index in [4.69, 9.17) is 19.9 Å². The fourth-order valence-electron chi connectivity index (χ4n) is 3.59. The normalized spacial score (nSPS) is 15.7. The Morgan fingerprint density at radius 2 is 1.77 bits per heavy atom. The van der Waals surface area contributed by atoms with Crippen LogP contribution in [-0.4, -0.2) is 26.3 Å². The van der Waals surface area contributed by atoms with Crippen LogP contribution in [0.15, 0.2) is 12.1 Å². The van der Waals surface area contributed by atoms with Gasteiger partial charge in [0.2, 0.25) is 0 Å². The Bertz CT molecular complexity index is 887. The first kappa shape index (κ1) is 17.9. The summed E-state index contributed by atoms with van der Waals surface area (Å²) < 4.78 is 16.4. The third-order valence-electron chi connectivity index (χ3n) is 4.93. The van der Waals surface area contributed by atoms with Gasteiger partial charge in [0.25, 0.3) is 0 Å². The number of pyridine rings is 1. The number of nitrogens with two attached hydrogens (primary N) is 1. The average molecular weight is 353 g/mol. The number of nitriles is 1. The first-order valence-electron chi connectivity index (χ1n) is 8.55. The van der Waals surface area contributed by atoms with Crippen LogP contribution in [0.1, 0.15) is 30.2 Å². The van der Waals surface area contributed by atoms with Crippen molar-refractivity contribution < 1.29 is 14.2 Å². The monoisotopic (exact) mass is 353 g/mol. The molecule has 1 aliphatic rings. The number of hydrogen-bond acceptors (Lipinski definition) is 6. The molecule has 1 heterocycles. The molecule has 1 aliphatic carbocycles. The molecule has 0 spiro atoms. The fourth-order valence-corrected chi connectivity index (χ4v) is 3.59. The Morgan fingerprint density at radius 1 is 1.12 bits per heavy atom. The van der Waals surface area contributed by atoms with Gasteiger partial charge in [-0.2, -0.15) is 5.26 Å². The lowest BCUT2D eigenvalue weighted by Gasteiger charge is -2.26. The highest BCUT2D eigenvalue weighted by Gasteiger charge is 2.27. The highest BCUT2D eigenvalue weighted by atomic mass is 16.5. The maximum Gasteiger partial charge on any atom is 0.164 e. The zero-order valence-electron chi connectivity index (χ0n) is 15.5. The molecule has 1 aromatic carbocycles. The molecule has 1 aromatic heterocycles. The molecule has 0 amide bonds. The van der Waals surface area contributed by atoms with Gasteiger partial charge in [-0.05, 0) is 36.8 Å². The first-order valence-corrected chi connectivity index (χ1v) is 8.55. The van der Waals surface area contributed by atoms with Crippen LogP contribution in [0.3, 0.4) is 0 Å². The Hall–Kier alpha value is -2.94. The maximum atomic E-state index is 9.75. The van der Waals surface area contributed by atoms with Crippen LogP contribution in [0.2, 0.25) is 0 Å². The third-order valence-corrected chi connectivity index (χ3v) is 4.93. The molecule has 2 aromatic rings. The molecule has 136 valence electrons. The van der Waals surface area contributed by atoms with Gasteiger partial charge < -0.3 is 19.9 Å². The number of nitrogen functional groups attached to an aromatic ring is 1. The minimum Gasteiger partial charge on any atom is -0.496 e. The average Bonchev–Trinajstić information content (AvgIpc) is 2.66. The largest absolute Gasteiger partial charge is 0.496 e. The third kappa shape index (κ3) is 2.90. The van der Waals surface area contributed by atoms with Gasteiger partial charge in [0.1, 0.15) is 23.2 Å². The summed E-state index contributed by atoms with van der Waals surface area (Å²) in [6.45, 7) is 2.21. The number of benzene rings is 1. The standard InChI is InChI=1S/C20H23N3O3/c1-11-5-6-15-12(7-11)19(14(10-21)20(22)23-15)13-8-17(25-3)18(26-4)9-16(13)24-2/h8-9,11H,5-7H2,1-4H3,(H2,22,23). The Balaban J connectivity index is 2.36. The van der Waals surface area contributed by atoms with E-state index in [1.54, 1.807) is 27.4 Å². The molecule has 0 fully saturated rings. The van der Waals surface area contributed by atoms with Crippen LogP contribution < -0.4 is 19.9 Å². The molecule has 1 unspecified atom stereocenters. The molecular weight excluding hydrogens is 330 g/mol. The van der Waals surface area contributed by atoms with E-state index in [-0.39, 0.29) is 5.82 Å². The summed E-state index contributed by atoms with van der Waals surface area (Å²) in [5.41, 5.74) is 10.1. The van der Waals surface area contributed by atoms with Crippen molar-refractivity contribution in [2.75, 3.05) is 27.1 Å². The number of rotatable bonds is 4. The number of aryl methyl sites for hydroxylation is 1. The summed E-state index contributed by atoms with van der Waals surface area (Å²) in [5, 5.41) is 9.75. The molecule has 6 nitrogen and oxygen atoms in total. The lowest BCUT2D eigenvalue weighted by Crippen LogP contribution is -2.17. The molecule has 3 rings (SSSR count). The van der Waals surface area contributed by atoms with Crippen molar-refractivity contribution in [3.05, 3.63) is 29.0 Å². The van der Waals surface area contributed by atoms with Crippen LogP contribution in [-0.2, 0) is 12.8 Å². The Morgan fingerprint density at radius 3 is 2.38 bits per heavy atom. The van der Waals surface area contributed by atoms with E-state index in [0.29, 0.717) is 28.7 Å². The van der Waals surface area contributed by atoms with Gasteiger partial charge in [-0.1, -0.05) is 6.92 Å². The number of anilines is 1. The van der Waals surface area contributed by atoms with E-state index < -0.39 is 0 Å². The molecule has 1 atom stereocenters. The Kier molecular flexibility index (Phi) is 4.90. The summed E-state index contributed by atoms with van der Waals surface area (Å²) in [5.74, 6) is 2.51. The van der Waals surface area contributed by atoms with E-state index in [0.717, 1.165) is 41.6 Å². The van der Waals surface area contributed by atoms with Crippen molar-refractivity contribution in [1.82, 2.24) is 4.98 Å². The highest BCUT2D eigenvalue weighted by molar-refractivity contribution is 5.84. The second-order valence-corrected chi connectivity index (χ2v) is 6.54. The molecule has 0 aliphatic heterocycles. The number of fused-ring (bicyclic) bond motifs is 1. The van der Waals surface area contributed by atoms with E-state index >= 15 is 0 Å². The summed E-state index contributed by atoms with van der Waals surface area (Å²) in [4.78, 5) is 4.50. The SMILES string of the molecule is COc1cc(OC)c(-c2c(C#N)c(N)nc3c2CC(C)CC3)cc1OC. The number of ether oxygens (including phenoxy) is 3. The van der Waals surface area contributed by atoms with Crippen molar-refractivity contribution in [3.8, 4) is 34.4 Å². The van der Waals surface area contributed by atoms with Crippen molar-refractivity contribution in [2.24, 2.45) is 5.92 Å². The predicted molar refractivity (Wildman–Crippen MR) is 99.6 cm³/mol. The van der Waals surface area contributed by atoms with E-state index in [1.807, 2.05) is 6.07 Å². The molecule has 0 bridgehead atoms. The quantitative estimate of drug-likeness (QED) is 0.906. The molecule has 0 radical (unpaired) electrons. The molecule has 6 heteroatoms. The van der Waals surface area contributed by atoms with Crippen LogP contribution in [0.4, 0.5) is 5.82 Å². The van der Waals surface area contributed by atoms with Crippen molar-refractivity contribution in [1.29, 1.82) is 5.26 Å². The summed E-state index contributed by atoms with van der Waals surface area (Å²) in [7, 11) is 4.75. The number of nitrogens with zero attached hydrogens (tertiary/aromatic N) is 2. The van der Waals surface area contributed by atoms with Gasteiger partial charge in [-0.25, -0.2) is 4.98 Å². The van der Waals surface area contributed by atoms with Crippen LogP contribution in [0, 0.1) is 17.2 Å². The van der Waals surface area contributed by atoms with Gasteiger partial charge >= 0.3 is 0 Å². The van der Waals surface area contributed by atoms with Gasteiger partial charge in [0, 0.05) is 22.9 Å². The topological polar surface area (TPSA) is 90.4 Å². The summed E-state index contributed by atoms with van der Waals surface area (Å²) >= 11 is 0. The molecule has 2 N–H and O–H groups in total. The first-order chi connectivity index (χ1) is 12.5. The number of aromatic nitrogens is 1. The van der Waals surface area contributed by atoms with Crippen molar-refractivity contribution in [3.63, 3.8) is 0 Å². The lowest BCUT2D eigenvalue weighted by molar-refractivity contribution is 0.349. The summed E-state index contributed by atoms with van der Waals surface area (Å²) in [6, 6.07) is 5.84. The number of methoxy groups -OCH3 is 3. The van der Waals surface area contributed by atoms with Crippen molar-refractivity contribution >= 4 is 5.82 Å². The number of hydrogen-bond donors (Lipinski definition) is 1. The Labute approximate surface area is 153 Å². The molecule has 0 saturated heterocycles. The van der Waals surface area contributed by atoms with E-state index in [1.165, 1.54) is 0 Å². The second-order valence-electron chi connectivity index (χ2n) is 6.54. The molecule has 0 saturated carbocycles. The van der Waals surface area contributed by atoms with Gasteiger partial charge in [0.05, 0.1) is 21.3 Å². The van der Waals surface area contributed by atoms with E-state index in [2.05, 4.69) is 18.0 Å². The van der Waals surface area contributed by atoms with E-state index in [9.17, 15) is 5.26 Å². The van der Waals surface area contributed by atoms with Crippen molar-refractivity contribution in [2.45, 2.75) is 26.2 Å². The fraction of sp³-hybridized carbons (Fsp3) is 0.400. The molecular formula is C20H23N3O3. The van der Waals surface area contributed by atoms with Crippen LogP contribution >= 0.6 is 0 Å². The van der Waals surface area contributed by atoms with Gasteiger partial charge in [-0.15, -0.1) is 0 Å². The van der Waals surface area contributed by atoms with Crippen LogP contribution in [0.25, 0.3) is 11.1 Å². The zero-order chi connectivity index (χ0) is 18.8. The summed E-state index contributed by atoms with van der Waals surface area (Å²) in [6.07, 6.45) is 2.77. The maximum absolute atomic E-state index is 9.75. The minimum atomic E-state index is 0.257. The highest BCUT2D eigenvalue weighted by Crippen LogP contribution is 2.45. The van der Waals surface area contributed by atoms with Gasteiger partial charge in [0.15, 0.2) is 11.5 Å². The molecule has 26 heavy (non-hydrogen) atoms. The predicted octanol–water partition coefficient (Wildman–Crippen LogP) is 3.35. The smallest absolute Gasteiger partial charge is 0.164 e. The van der Waals surface area contributed by atoms with Crippen LogP contribution in [0.5, 0.6) is 17.2 Å². The van der Waals surface area contributed by atoms with Gasteiger partial charge in [-0.3, -0.25) is 0 Å². The second kappa shape index (κ2) is 7.12. The minimum absolute atomic E-state index is 0.257. The zero-order valence-corrected chi connectivity index (χ0v) is 15.5.